The average molecular weight is 575 g/mol. The van der Waals surface area contributed by atoms with Gasteiger partial charge in [-0.2, -0.15) is 0 Å². The van der Waals surface area contributed by atoms with E-state index in [2.05, 4.69) is 0 Å². The number of anilines is 3. The van der Waals surface area contributed by atoms with Crippen molar-refractivity contribution in [2.45, 2.75) is 19.0 Å². The van der Waals surface area contributed by atoms with Crippen LogP contribution in [0.25, 0.3) is 0 Å². The molecule has 0 aromatic heterocycles. The zero-order valence-corrected chi connectivity index (χ0v) is 23.4. The first-order chi connectivity index (χ1) is 20.9. The van der Waals surface area contributed by atoms with Gasteiger partial charge in [0, 0.05) is 30.8 Å². The molecule has 1 atom stereocenters. The summed E-state index contributed by atoms with van der Waals surface area (Å²) in [5, 5.41) is 10.3. The summed E-state index contributed by atoms with van der Waals surface area (Å²) in [6.07, 6.45) is 0.123. The van der Waals surface area contributed by atoms with E-state index in [1.54, 1.807) is 47.4 Å². The van der Waals surface area contributed by atoms with Crippen LogP contribution in [0.5, 0.6) is 0 Å². The zero-order valence-electron chi connectivity index (χ0n) is 23.4. The molecule has 9 heteroatoms. The van der Waals surface area contributed by atoms with Crippen LogP contribution >= 0.6 is 0 Å². The van der Waals surface area contributed by atoms with Gasteiger partial charge in [0.25, 0.3) is 0 Å². The van der Waals surface area contributed by atoms with E-state index in [4.69, 9.17) is 0 Å². The number of carboxylic acids is 1. The van der Waals surface area contributed by atoms with Crippen molar-refractivity contribution in [3.8, 4) is 0 Å². The number of hydrogen-bond donors (Lipinski definition) is 1. The van der Waals surface area contributed by atoms with Crippen LogP contribution in [0.15, 0.2) is 109 Å². The van der Waals surface area contributed by atoms with Crippen molar-refractivity contribution >= 4 is 40.9 Å². The number of carbonyl (C=O) groups is 4. The first-order valence-electron chi connectivity index (χ1n) is 14.1. The zero-order chi connectivity index (χ0) is 29.9. The number of rotatable bonds is 4. The van der Waals surface area contributed by atoms with E-state index >= 15 is 0 Å². The van der Waals surface area contributed by atoms with E-state index < -0.39 is 18.0 Å². The van der Waals surface area contributed by atoms with Gasteiger partial charge in [-0.1, -0.05) is 78.9 Å². The van der Waals surface area contributed by atoms with E-state index in [-0.39, 0.29) is 37.9 Å². The number of aliphatic carboxylic acids is 1. The Labute approximate surface area is 249 Å². The van der Waals surface area contributed by atoms with Crippen molar-refractivity contribution in [1.82, 2.24) is 9.80 Å². The Morgan fingerprint density at radius 2 is 1.40 bits per heavy atom. The van der Waals surface area contributed by atoms with Gasteiger partial charge in [0.15, 0.2) is 5.78 Å². The van der Waals surface area contributed by atoms with E-state index in [0.717, 1.165) is 5.56 Å². The molecule has 6 rings (SSSR count). The van der Waals surface area contributed by atoms with Crippen molar-refractivity contribution in [2.24, 2.45) is 0 Å². The highest BCUT2D eigenvalue weighted by Gasteiger charge is 2.42. The van der Waals surface area contributed by atoms with E-state index in [1.165, 1.54) is 14.7 Å². The van der Waals surface area contributed by atoms with Crippen LogP contribution in [0.2, 0.25) is 0 Å². The molecular formula is C34H30N4O5. The highest BCUT2D eigenvalue weighted by molar-refractivity contribution is 6.12. The van der Waals surface area contributed by atoms with Gasteiger partial charge in [-0.3, -0.25) is 14.6 Å². The molecule has 1 saturated heterocycles. The van der Waals surface area contributed by atoms with Crippen LogP contribution in [0.4, 0.5) is 26.7 Å². The topological polar surface area (TPSA) is 101 Å². The van der Waals surface area contributed by atoms with Gasteiger partial charge in [0.05, 0.1) is 24.5 Å². The summed E-state index contributed by atoms with van der Waals surface area (Å²) < 4.78 is 0. The molecule has 4 aromatic carbocycles. The fraction of sp³-hybridized carbons (Fsp3) is 0.176. The standard InChI is InChI=1S/C34H30N4O5/c39-31-21-25-13-7-9-17-28(25)38(29-18-10-8-16-27(29)31)34(43)36-20-19-35(23-30(36)32(40)41)33(42)37(26-14-5-2-6-15-26)22-24-11-3-1-4-12-24/h1-18,30H,19-23H2,(H,40,41)/t30-/m0/s1. The van der Waals surface area contributed by atoms with E-state index in [9.17, 15) is 24.3 Å². The second-order valence-corrected chi connectivity index (χ2v) is 10.5. The number of benzene rings is 4. The predicted octanol–water partition coefficient (Wildman–Crippen LogP) is 5.58. The normalized spacial score (nSPS) is 16.1. The maximum atomic E-state index is 14.3. The Bertz CT molecular complexity index is 1680. The van der Waals surface area contributed by atoms with Crippen LogP contribution in [-0.4, -0.2) is 64.4 Å². The monoisotopic (exact) mass is 574 g/mol. The van der Waals surface area contributed by atoms with Gasteiger partial charge >= 0.3 is 18.0 Å². The maximum Gasteiger partial charge on any atom is 0.330 e. The molecule has 0 spiro atoms. The number of urea groups is 2. The molecule has 4 aromatic rings. The molecule has 4 amide bonds. The Morgan fingerprint density at radius 1 is 0.767 bits per heavy atom. The number of amides is 4. The van der Waals surface area contributed by atoms with Gasteiger partial charge in [-0.15, -0.1) is 0 Å². The lowest BCUT2D eigenvalue weighted by atomic mass is 10.0. The van der Waals surface area contributed by atoms with Crippen LogP contribution in [0.1, 0.15) is 21.5 Å². The minimum absolute atomic E-state index is 0.00425. The lowest BCUT2D eigenvalue weighted by molar-refractivity contribution is -0.143. The molecule has 0 unspecified atom stereocenters. The molecule has 1 N–H and O–H groups in total. The Balaban J connectivity index is 1.31. The van der Waals surface area contributed by atoms with E-state index in [0.29, 0.717) is 34.7 Å². The average Bonchev–Trinajstić information content (AvgIpc) is 3.17. The molecule has 43 heavy (non-hydrogen) atoms. The summed E-state index contributed by atoms with van der Waals surface area (Å²) in [6, 6.07) is 30.6. The third-order valence-electron chi connectivity index (χ3n) is 7.88. The second-order valence-electron chi connectivity index (χ2n) is 10.5. The van der Waals surface area contributed by atoms with Gasteiger partial charge in [0.1, 0.15) is 6.04 Å². The third kappa shape index (κ3) is 5.44. The number of carbonyl (C=O) groups excluding carboxylic acids is 3. The van der Waals surface area contributed by atoms with Crippen molar-refractivity contribution in [2.75, 3.05) is 29.4 Å². The Hall–Kier alpha value is -5.44. The molecule has 2 aliphatic heterocycles. The fourth-order valence-electron chi connectivity index (χ4n) is 5.73. The summed E-state index contributed by atoms with van der Waals surface area (Å²) in [5.41, 5.74) is 3.62. The molecule has 0 radical (unpaired) electrons. The molecule has 0 aliphatic carbocycles. The van der Waals surface area contributed by atoms with E-state index in [1.807, 2.05) is 66.7 Å². The fourth-order valence-corrected chi connectivity index (χ4v) is 5.73. The number of para-hydroxylation sites is 3. The van der Waals surface area contributed by atoms with Gasteiger partial charge in [-0.05, 0) is 41.5 Å². The first-order valence-corrected chi connectivity index (χ1v) is 14.1. The van der Waals surface area contributed by atoms with Crippen LogP contribution < -0.4 is 9.80 Å². The molecule has 0 saturated carbocycles. The summed E-state index contributed by atoms with van der Waals surface area (Å²) >= 11 is 0. The van der Waals surface area contributed by atoms with Crippen molar-refractivity contribution in [1.29, 1.82) is 0 Å². The Morgan fingerprint density at radius 3 is 2.12 bits per heavy atom. The van der Waals surface area contributed by atoms with Crippen molar-refractivity contribution < 1.29 is 24.3 Å². The smallest absolute Gasteiger partial charge is 0.330 e. The maximum absolute atomic E-state index is 14.3. The largest absolute Gasteiger partial charge is 0.480 e. The van der Waals surface area contributed by atoms with Gasteiger partial charge in [0.2, 0.25) is 0 Å². The van der Waals surface area contributed by atoms with Crippen molar-refractivity contribution in [3.05, 3.63) is 126 Å². The predicted molar refractivity (Wildman–Crippen MR) is 163 cm³/mol. The van der Waals surface area contributed by atoms with Crippen LogP contribution in [0, 0.1) is 0 Å². The highest BCUT2D eigenvalue weighted by Crippen LogP contribution is 2.37. The number of carboxylic acid groups (broad SMARTS) is 1. The summed E-state index contributed by atoms with van der Waals surface area (Å²) in [7, 11) is 0. The van der Waals surface area contributed by atoms with Crippen LogP contribution in [-0.2, 0) is 17.8 Å². The minimum Gasteiger partial charge on any atom is -0.480 e. The molecule has 216 valence electrons. The van der Waals surface area contributed by atoms with Crippen molar-refractivity contribution in [3.63, 3.8) is 0 Å². The molecule has 2 heterocycles. The molecule has 1 fully saturated rings. The number of Topliss-reactive ketones (excluding diaryl/α,β-unsaturated/α-hetero) is 1. The van der Waals surface area contributed by atoms with Gasteiger partial charge < -0.3 is 14.9 Å². The lowest BCUT2D eigenvalue weighted by Crippen LogP contribution is -2.62. The molecule has 0 bridgehead atoms. The van der Waals surface area contributed by atoms with Gasteiger partial charge in [-0.25, -0.2) is 14.4 Å². The number of ketones is 1. The van der Waals surface area contributed by atoms with Crippen LogP contribution in [0.3, 0.4) is 0 Å². The minimum atomic E-state index is -1.29. The number of piperazine rings is 1. The summed E-state index contributed by atoms with van der Waals surface area (Å²) in [4.78, 5) is 59.9. The first kappa shape index (κ1) is 27.7. The number of fused-ring (bicyclic) bond motifs is 2. The summed E-state index contributed by atoms with van der Waals surface area (Å²) in [5.74, 6) is -1.34. The quantitative estimate of drug-likeness (QED) is 0.343. The highest BCUT2D eigenvalue weighted by atomic mass is 16.4. The second kappa shape index (κ2) is 11.8. The molecular weight excluding hydrogens is 544 g/mol. The lowest BCUT2D eigenvalue weighted by Gasteiger charge is -2.42. The number of hydrogen-bond acceptors (Lipinski definition) is 4. The summed E-state index contributed by atoms with van der Waals surface area (Å²) in [6.45, 7) is 0.261. The molecule has 9 nitrogen and oxygen atoms in total. The number of nitrogens with zero attached hydrogens (tertiary/aromatic N) is 4. The third-order valence-corrected chi connectivity index (χ3v) is 7.88. The SMILES string of the molecule is O=C1Cc2ccccc2N(C(=O)N2CCN(C(=O)N(Cc3ccccc3)c3ccccc3)C[C@H]2C(=O)O)c2ccccc21. The molecule has 2 aliphatic rings. The Kier molecular flexibility index (Phi) is 7.61.